The maximum Gasteiger partial charge on any atom is 0.0795 e. The maximum absolute atomic E-state index is 4.42. The van der Waals surface area contributed by atoms with E-state index in [0.717, 1.165) is 13.1 Å². The predicted octanol–water partition coefficient (Wildman–Crippen LogP) is 3.91. The summed E-state index contributed by atoms with van der Waals surface area (Å²) < 4.78 is 0. The van der Waals surface area contributed by atoms with Gasteiger partial charge in [0.15, 0.2) is 0 Å². The molecule has 0 amide bonds. The van der Waals surface area contributed by atoms with Crippen LogP contribution in [0.3, 0.4) is 0 Å². The van der Waals surface area contributed by atoms with Gasteiger partial charge in [0.25, 0.3) is 0 Å². The summed E-state index contributed by atoms with van der Waals surface area (Å²) in [4.78, 5) is 6.88. The van der Waals surface area contributed by atoms with E-state index in [-0.39, 0.29) is 5.54 Å². The fourth-order valence-corrected chi connectivity index (χ4v) is 3.92. The summed E-state index contributed by atoms with van der Waals surface area (Å²) in [7, 11) is 2.24. The Balaban J connectivity index is 1.94. The van der Waals surface area contributed by atoms with Crippen molar-refractivity contribution in [3.05, 3.63) is 16.6 Å². The fourth-order valence-electron chi connectivity index (χ4n) is 3.37. The standard InChI is InChI=1S/C17H31N3S/c1-16(2,3)19-12-17(8-6-5-7-9-17)13-20(4)10-15-11-21-14-18-15/h11,14,19H,5-10,12-13H2,1-4H3. The van der Waals surface area contributed by atoms with Crippen molar-refractivity contribution >= 4 is 11.3 Å². The average Bonchev–Trinajstić information content (AvgIpc) is 2.89. The van der Waals surface area contributed by atoms with E-state index in [1.807, 2.05) is 5.51 Å². The molecule has 2 rings (SSSR count). The molecule has 3 nitrogen and oxygen atoms in total. The van der Waals surface area contributed by atoms with Gasteiger partial charge in [-0.05, 0) is 46.1 Å². The van der Waals surface area contributed by atoms with Gasteiger partial charge >= 0.3 is 0 Å². The Kier molecular flexibility index (Phi) is 5.81. The van der Waals surface area contributed by atoms with Crippen LogP contribution in [0.25, 0.3) is 0 Å². The van der Waals surface area contributed by atoms with Gasteiger partial charge in [0.05, 0.1) is 11.2 Å². The summed E-state index contributed by atoms with van der Waals surface area (Å²) in [5.74, 6) is 0. The molecular formula is C17H31N3S. The van der Waals surface area contributed by atoms with Gasteiger partial charge in [0.2, 0.25) is 0 Å². The highest BCUT2D eigenvalue weighted by molar-refractivity contribution is 7.07. The van der Waals surface area contributed by atoms with E-state index < -0.39 is 0 Å². The van der Waals surface area contributed by atoms with Crippen molar-refractivity contribution in [3.8, 4) is 0 Å². The number of hydrogen-bond acceptors (Lipinski definition) is 4. The number of rotatable bonds is 6. The fraction of sp³-hybridized carbons (Fsp3) is 0.824. The van der Waals surface area contributed by atoms with Gasteiger partial charge in [0.1, 0.15) is 0 Å². The maximum atomic E-state index is 4.42. The van der Waals surface area contributed by atoms with Crippen LogP contribution >= 0.6 is 11.3 Å². The van der Waals surface area contributed by atoms with Crippen molar-refractivity contribution in [3.63, 3.8) is 0 Å². The van der Waals surface area contributed by atoms with Crippen LogP contribution < -0.4 is 5.32 Å². The summed E-state index contributed by atoms with van der Waals surface area (Å²) in [5, 5.41) is 5.92. The Hall–Kier alpha value is -0.450. The van der Waals surface area contributed by atoms with E-state index >= 15 is 0 Å². The molecule has 0 aromatic carbocycles. The minimum atomic E-state index is 0.206. The quantitative estimate of drug-likeness (QED) is 0.863. The summed E-state index contributed by atoms with van der Waals surface area (Å²) in [6.45, 7) is 10.1. The van der Waals surface area contributed by atoms with Gasteiger partial charge in [-0.2, -0.15) is 0 Å². The SMILES string of the molecule is CN(Cc1cscn1)CC1(CNC(C)(C)C)CCCCC1. The molecule has 1 fully saturated rings. The van der Waals surface area contributed by atoms with Crippen LogP contribution in [0, 0.1) is 5.41 Å². The van der Waals surface area contributed by atoms with Crippen molar-refractivity contribution in [2.45, 2.75) is 65.0 Å². The Labute approximate surface area is 134 Å². The number of nitrogens with one attached hydrogen (secondary N) is 1. The normalized spacial score (nSPS) is 19.1. The lowest BCUT2D eigenvalue weighted by molar-refractivity contribution is 0.105. The molecule has 0 bridgehead atoms. The molecule has 120 valence electrons. The first-order valence-electron chi connectivity index (χ1n) is 8.19. The molecule has 1 N–H and O–H groups in total. The molecule has 4 heteroatoms. The van der Waals surface area contributed by atoms with Crippen LogP contribution in [-0.4, -0.2) is 35.6 Å². The van der Waals surface area contributed by atoms with E-state index in [2.05, 4.69) is 48.4 Å². The van der Waals surface area contributed by atoms with Crippen LogP contribution in [0.15, 0.2) is 10.9 Å². The van der Waals surface area contributed by atoms with Crippen molar-refractivity contribution < 1.29 is 0 Å². The van der Waals surface area contributed by atoms with E-state index in [1.54, 1.807) is 11.3 Å². The third-order valence-corrected chi connectivity index (χ3v) is 5.06. The molecule has 1 aromatic heterocycles. The lowest BCUT2D eigenvalue weighted by Crippen LogP contribution is -2.49. The van der Waals surface area contributed by atoms with Gasteiger partial charge in [-0.1, -0.05) is 19.3 Å². The van der Waals surface area contributed by atoms with Crippen LogP contribution in [0.1, 0.15) is 58.6 Å². The Bertz CT molecular complexity index is 402. The van der Waals surface area contributed by atoms with Gasteiger partial charge < -0.3 is 5.32 Å². The molecule has 21 heavy (non-hydrogen) atoms. The summed E-state index contributed by atoms with van der Waals surface area (Å²) in [6.07, 6.45) is 6.90. The Morgan fingerprint density at radius 2 is 2.00 bits per heavy atom. The zero-order valence-electron chi connectivity index (χ0n) is 14.1. The van der Waals surface area contributed by atoms with Gasteiger partial charge in [-0.25, -0.2) is 4.98 Å². The summed E-state index contributed by atoms with van der Waals surface area (Å²) >= 11 is 1.69. The van der Waals surface area contributed by atoms with Gasteiger partial charge in [-0.15, -0.1) is 11.3 Å². The molecule has 1 aromatic rings. The van der Waals surface area contributed by atoms with Gasteiger partial charge in [0, 0.05) is 30.6 Å². The first-order valence-corrected chi connectivity index (χ1v) is 9.14. The number of aromatic nitrogens is 1. The van der Waals surface area contributed by atoms with E-state index in [4.69, 9.17) is 0 Å². The molecule has 1 heterocycles. The van der Waals surface area contributed by atoms with E-state index in [0.29, 0.717) is 5.41 Å². The van der Waals surface area contributed by atoms with Crippen molar-refractivity contribution in [2.75, 3.05) is 20.1 Å². The van der Waals surface area contributed by atoms with Crippen molar-refractivity contribution in [1.82, 2.24) is 15.2 Å². The molecule has 0 spiro atoms. The van der Waals surface area contributed by atoms with Crippen molar-refractivity contribution in [2.24, 2.45) is 5.41 Å². The van der Waals surface area contributed by atoms with Gasteiger partial charge in [-0.3, -0.25) is 4.90 Å². The number of thiazole rings is 1. The molecule has 0 atom stereocenters. The van der Waals surface area contributed by atoms with Crippen LogP contribution in [-0.2, 0) is 6.54 Å². The third-order valence-electron chi connectivity index (χ3n) is 4.43. The second-order valence-corrected chi connectivity index (χ2v) is 8.53. The van der Waals surface area contributed by atoms with E-state index in [9.17, 15) is 0 Å². The smallest absolute Gasteiger partial charge is 0.0795 e. The zero-order valence-corrected chi connectivity index (χ0v) is 14.9. The third kappa shape index (κ3) is 5.68. The number of nitrogens with zero attached hydrogens (tertiary/aromatic N) is 2. The molecule has 1 aliphatic carbocycles. The lowest BCUT2D eigenvalue weighted by Gasteiger charge is -2.42. The first-order chi connectivity index (χ1) is 9.89. The average molecular weight is 310 g/mol. The minimum absolute atomic E-state index is 0.206. The highest BCUT2D eigenvalue weighted by atomic mass is 32.1. The van der Waals surface area contributed by atoms with E-state index in [1.165, 1.54) is 44.3 Å². The second-order valence-electron chi connectivity index (χ2n) is 7.82. The lowest BCUT2D eigenvalue weighted by atomic mass is 9.73. The van der Waals surface area contributed by atoms with Crippen molar-refractivity contribution in [1.29, 1.82) is 0 Å². The molecule has 0 aliphatic heterocycles. The predicted molar refractivity (Wildman–Crippen MR) is 91.7 cm³/mol. The highest BCUT2D eigenvalue weighted by Crippen LogP contribution is 2.37. The molecule has 0 radical (unpaired) electrons. The molecule has 0 unspecified atom stereocenters. The Morgan fingerprint density at radius 3 is 2.57 bits per heavy atom. The molecule has 1 aliphatic rings. The largest absolute Gasteiger partial charge is 0.311 e. The summed E-state index contributed by atoms with van der Waals surface area (Å²) in [6, 6.07) is 0. The monoisotopic (exact) mass is 309 g/mol. The minimum Gasteiger partial charge on any atom is -0.311 e. The number of hydrogen-bond donors (Lipinski definition) is 1. The second kappa shape index (κ2) is 7.21. The zero-order chi connectivity index (χ0) is 15.3. The summed E-state index contributed by atoms with van der Waals surface area (Å²) in [5.41, 5.74) is 3.78. The molecular weight excluding hydrogens is 278 g/mol. The van der Waals surface area contributed by atoms with Crippen LogP contribution in [0.2, 0.25) is 0 Å². The molecule has 1 saturated carbocycles. The van der Waals surface area contributed by atoms with Crippen LogP contribution in [0.5, 0.6) is 0 Å². The first kappa shape index (κ1) is 16.9. The van der Waals surface area contributed by atoms with Crippen LogP contribution in [0.4, 0.5) is 0 Å². The Morgan fingerprint density at radius 1 is 1.29 bits per heavy atom. The highest BCUT2D eigenvalue weighted by Gasteiger charge is 2.34. The topological polar surface area (TPSA) is 28.2 Å². The molecule has 0 saturated heterocycles.